The number of nitrogens with zero attached hydrogens (tertiary/aromatic N) is 1. The van der Waals surface area contributed by atoms with Gasteiger partial charge in [-0.05, 0) is 50.9 Å². The van der Waals surface area contributed by atoms with Crippen LogP contribution < -0.4 is 11.1 Å². The van der Waals surface area contributed by atoms with E-state index >= 15 is 0 Å². The molecule has 1 unspecified atom stereocenters. The second-order valence-electron chi connectivity index (χ2n) is 5.63. The molecule has 20 heavy (non-hydrogen) atoms. The summed E-state index contributed by atoms with van der Waals surface area (Å²) in [7, 11) is 1.95. The van der Waals surface area contributed by atoms with E-state index in [0.717, 1.165) is 6.54 Å². The van der Waals surface area contributed by atoms with Gasteiger partial charge in [-0.3, -0.25) is 9.69 Å². The predicted molar refractivity (Wildman–Crippen MR) is 78.9 cm³/mol. The Morgan fingerprint density at radius 3 is 2.80 bits per heavy atom. The van der Waals surface area contributed by atoms with Crippen LogP contribution in [0.1, 0.15) is 26.2 Å². The number of nitrogen functional groups attached to an aromatic ring is 1. The molecule has 1 aromatic rings. The van der Waals surface area contributed by atoms with Gasteiger partial charge in [-0.2, -0.15) is 0 Å². The second kappa shape index (κ2) is 6.22. The highest BCUT2D eigenvalue weighted by atomic mass is 19.1. The zero-order chi connectivity index (χ0) is 14.7. The quantitative estimate of drug-likeness (QED) is 0.814. The molecule has 0 aromatic heterocycles. The van der Waals surface area contributed by atoms with Crippen molar-refractivity contribution in [2.24, 2.45) is 5.92 Å². The Bertz CT molecular complexity index is 488. The average Bonchev–Trinajstić information content (AvgIpc) is 2.36. The van der Waals surface area contributed by atoms with Gasteiger partial charge in [-0.15, -0.1) is 0 Å². The maximum atomic E-state index is 13.0. The molecule has 1 aromatic carbocycles. The van der Waals surface area contributed by atoms with Crippen molar-refractivity contribution in [3.63, 3.8) is 0 Å². The molecule has 0 heterocycles. The molecule has 1 fully saturated rings. The summed E-state index contributed by atoms with van der Waals surface area (Å²) >= 11 is 0. The van der Waals surface area contributed by atoms with Gasteiger partial charge in [0.1, 0.15) is 5.82 Å². The summed E-state index contributed by atoms with van der Waals surface area (Å²) in [6, 6.07) is 3.74. The molecule has 1 aliphatic rings. The fourth-order valence-electron chi connectivity index (χ4n) is 2.33. The largest absolute Gasteiger partial charge is 0.397 e. The van der Waals surface area contributed by atoms with E-state index in [1.807, 2.05) is 14.0 Å². The maximum Gasteiger partial charge on any atom is 0.241 e. The Morgan fingerprint density at radius 2 is 2.25 bits per heavy atom. The number of amides is 1. The Labute approximate surface area is 119 Å². The summed E-state index contributed by atoms with van der Waals surface area (Å²) in [5.41, 5.74) is 6.39. The summed E-state index contributed by atoms with van der Waals surface area (Å²) < 4.78 is 13.0. The first kappa shape index (κ1) is 14.8. The summed E-state index contributed by atoms with van der Waals surface area (Å²) in [6.45, 7) is 2.81. The van der Waals surface area contributed by atoms with Gasteiger partial charge < -0.3 is 11.1 Å². The molecule has 0 saturated heterocycles. The third-order valence-electron chi connectivity index (χ3n) is 4.08. The van der Waals surface area contributed by atoms with Crippen LogP contribution in [0.15, 0.2) is 18.2 Å². The number of rotatable bonds is 5. The van der Waals surface area contributed by atoms with Gasteiger partial charge in [-0.25, -0.2) is 4.39 Å². The smallest absolute Gasteiger partial charge is 0.241 e. The summed E-state index contributed by atoms with van der Waals surface area (Å²) in [6.07, 6.45) is 3.80. The molecule has 1 aliphatic carbocycles. The number of hydrogen-bond donors (Lipinski definition) is 2. The minimum Gasteiger partial charge on any atom is -0.397 e. The van der Waals surface area contributed by atoms with Crippen molar-refractivity contribution in [2.75, 3.05) is 24.6 Å². The monoisotopic (exact) mass is 279 g/mol. The molecule has 1 atom stereocenters. The molecule has 1 saturated carbocycles. The van der Waals surface area contributed by atoms with E-state index in [-0.39, 0.29) is 17.6 Å². The number of anilines is 2. The van der Waals surface area contributed by atoms with Gasteiger partial charge in [0.05, 0.1) is 17.4 Å². The van der Waals surface area contributed by atoms with Crippen LogP contribution in [0.5, 0.6) is 0 Å². The highest BCUT2D eigenvalue weighted by molar-refractivity contribution is 5.97. The van der Waals surface area contributed by atoms with E-state index in [1.165, 1.54) is 37.5 Å². The third kappa shape index (κ3) is 3.48. The molecular weight excluding hydrogens is 257 g/mol. The zero-order valence-corrected chi connectivity index (χ0v) is 12.0. The Kier molecular flexibility index (Phi) is 4.60. The molecule has 0 spiro atoms. The van der Waals surface area contributed by atoms with Crippen molar-refractivity contribution >= 4 is 17.3 Å². The van der Waals surface area contributed by atoms with Gasteiger partial charge in [0.25, 0.3) is 0 Å². The number of carbonyl (C=O) groups excluding carboxylic acids is 1. The van der Waals surface area contributed by atoms with E-state index < -0.39 is 5.82 Å². The van der Waals surface area contributed by atoms with Gasteiger partial charge in [0, 0.05) is 6.54 Å². The minimum absolute atomic E-state index is 0.120. The Balaban J connectivity index is 1.92. The van der Waals surface area contributed by atoms with Crippen molar-refractivity contribution in [2.45, 2.75) is 32.2 Å². The van der Waals surface area contributed by atoms with Gasteiger partial charge in [-0.1, -0.05) is 6.42 Å². The highest BCUT2D eigenvalue weighted by Crippen LogP contribution is 2.27. The SMILES string of the molecule is CC(C(=O)Nc1ccc(F)cc1N)N(C)CC1CCC1. The standard InChI is InChI=1S/C15H22FN3O/c1-10(19(2)9-11-4-3-5-11)15(20)18-14-7-6-12(16)8-13(14)17/h6-8,10-11H,3-5,9,17H2,1-2H3,(H,18,20). The second-order valence-corrected chi connectivity index (χ2v) is 5.63. The van der Waals surface area contributed by atoms with E-state index in [4.69, 9.17) is 5.73 Å². The van der Waals surface area contributed by atoms with Gasteiger partial charge in [0.2, 0.25) is 5.91 Å². The van der Waals surface area contributed by atoms with Crippen molar-refractivity contribution in [3.05, 3.63) is 24.0 Å². The summed E-state index contributed by atoms with van der Waals surface area (Å²) in [4.78, 5) is 14.2. The molecule has 1 amide bonds. The lowest BCUT2D eigenvalue weighted by Gasteiger charge is -2.32. The molecular formula is C15H22FN3O. The predicted octanol–water partition coefficient (Wildman–Crippen LogP) is 2.47. The highest BCUT2D eigenvalue weighted by Gasteiger charge is 2.24. The van der Waals surface area contributed by atoms with Crippen molar-refractivity contribution in [3.8, 4) is 0 Å². The topological polar surface area (TPSA) is 58.4 Å². The van der Waals surface area contributed by atoms with Crippen molar-refractivity contribution < 1.29 is 9.18 Å². The Morgan fingerprint density at radius 1 is 1.55 bits per heavy atom. The van der Waals surface area contributed by atoms with E-state index in [1.54, 1.807) is 0 Å². The fraction of sp³-hybridized carbons (Fsp3) is 0.533. The number of benzene rings is 1. The molecule has 3 N–H and O–H groups in total. The molecule has 0 bridgehead atoms. The molecule has 4 nitrogen and oxygen atoms in total. The zero-order valence-electron chi connectivity index (χ0n) is 12.0. The maximum absolute atomic E-state index is 13.0. The van der Waals surface area contributed by atoms with Crippen LogP contribution in [0.2, 0.25) is 0 Å². The van der Waals surface area contributed by atoms with Crippen molar-refractivity contribution in [1.29, 1.82) is 0 Å². The number of nitrogens with two attached hydrogens (primary N) is 1. The lowest BCUT2D eigenvalue weighted by molar-refractivity contribution is -0.120. The minimum atomic E-state index is -0.407. The van der Waals surface area contributed by atoms with Gasteiger partial charge in [0.15, 0.2) is 0 Å². The van der Waals surface area contributed by atoms with Crippen LogP contribution in [0.25, 0.3) is 0 Å². The van der Waals surface area contributed by atoms with E-state index in [0.29, 0.717) is 11.6 Å². The van der Waals surface area contributed by atoms with Crippen LogP contribution in [0, 0.1) is 11.7 Å². The lowest BCUT2D eigenvalue weighted by Crippen LogP contribution is -2.43. The first-order valence-electron chi connectivity index (χ1n) is 7.03. The normalized spacial score (nSPS) is 16.8. The van der Waals surface area contributed by atoms with Gasteiger partial charge >= 0.3 is 0 Å². The molecule has 0 radical (unpaired) electrons. The number of carbonyl (C=O) groups is 1. The van der Waals surface area contributed by atoms with E-state index in [9.17, 15) is 9.18 Å². The Hall–Kier alpha value is -1.62. The summed E-state index contributed by atoms with van der Waals surface area (Å²) in [5, 5.41) is 2.76. The number of likely N-dealkylation sites (N-methyl/N-ethyl adjacent to an activating group) is 1. The summed E-state index contributed by atoms with van der Waals surface area (Å²) in [5.74, 6) is 0.187. The number of halogens is 1. The number of hydrogen-bond acceptors (Lipinski definition) is 3. The van der Waals surface area contributed by atoms with Crippen LogP contribution in [0.4, 0.5) is 15.8 Å². The first-order chi connectivity index (χ1) is 9.47. The van der Waals surface area contributed by atoms with Crippen LogP contribution in [-0.2, 0) is 4.79 Å². The molecule has 2 rings (SSSR count). The molecule has 110 valence electrons. The first-order valence-corrected chi connectivity index (χ1v) is 7.03. The molecule has 0 aliphatic heterocycles. The van der Waals surface area contributed by atoms with Crippen LogP contribution in [0.3, 0.4) is 0 Å². The fourth-order valence-corrected chi connectivity index (χ4v) is 2.33. The third-order valence-corrected chi connectivity index (χ3v) is 4.08. The lowest BCUT2D eigenvalue weighted by atomic mass is 9.85. The van der Waals surface area contributed by atoms with Crippen LogP contribution in [-0.4, -0.2) is 30.4 Å². The average molecular weight is 279 g/mol. The van der Waals surface area contributed by atoms with Crippen molar-refractivity contribution in [1.82, 2.24) is 4.90 Å². The van der Waals surface area contributed by atoms with Crippen LogP contribution >= 0.6 is 0 Å². The molecule has 5 heteroatoms. The van der Waals surface area contributed by atoms with E-state index in [2.05, 4.69) is 10.2 Å². The number of nitrogens with one attached hydrogen (secondary N) is 1.